The van der Waals surface area contributed by atoms with E-state index in [1.165, 1.54) is 25.9 Å². The molecule has 1 atom stereocenters. The Labute approximate surface area is 120 Å². The first-order chi connectivity index (χ1) is 9.84. The van der Waals surface area contributed by atoms with Crippen molar-refractivity contribution >= 4 is 5.91 Å². The molecule has 1 unspecified atom stereocenters. The molecule has 3 rings (SSSR count). The topological polar surface area (TPSA) is 35.6 Å². The van der Waals surface area contributed by atoms with Gasteiger partial charge >= 0.3 is 0 Å². The molecule has 2 heterocycles. The maximum Gasteiger partial charge on any atom is 0.245 e. The quantitative estimate of drug-likeness (QED) is 0.885. The van der Waals surface area contributed by atoms with Gasteiger partial charge in [0.2, 0.25) is 5.91 Å². The van der Waals surface area contributed by atoms with Gasteiger partial charge in [-0.25, -0.2) is 0 Å². The van der Waals surface area contributed by atoms with E-state index in [4.69, 9.17) is 0 Å². The lowest BCUT2D eigenvalue weighted by Gasteiger charge is -2.19. The minimum Gasteiger partial charge on any atom is -0.328 e. The maximum atomic E-state index is 12.4. The number of hydrogen-bond donors (Lipinski definition) is 1. The Morgan fingerprint density at radius 1 is 1.10 bits per heavy atom. The zero-order chi connectivity index (χ0) is 13.8. The number of amides is 1. The summed E-state index contributed by atoms with van der Waals surface area (Å²) in [5, 5.41) is 3.31. The van der Waals surface area contributed by atoms with Gasteiger partial charge in [0.1, 0.15) is 6.04 Å². The lowest BCUT2D eigenvalue weighted by molar-refractivity contribution is -0.129. The molecule has 2 saturated heterocycles. The zero-order valence-electron chi connectivity index (χ0n) is 11.9. The first-order valence-electron chi connectivity index (χ1n) is 7.64. The summed E-state index contributed by atoms with van der Waals surface area (Å²) < 4.78 is 0. The van der Waals surface area contributed by atoms with Gasteiger partial charge in [-0.3, -0.25) is 10.1 Å². The van der Waals surface area contributed by atoms with E-state index >= 15 is 0 Å². The van der Waals surface area contributed by atoms with Crippen LogP contribution in [0.3, 0.4) is 0 Å². The summed E-state index contributed by atoms with van der Waals surface area (Å²) in [6.45, 7) is 5.14. The molecule has 0 aromatic heterocycles. The molecule has 1 amide bonds. The van der Waals surface area contributed by atoms with Crippen LogP contribution in [0.1, 0.15) is 30.9 Å². The largest absolute Gasteiger partial charge is 0.328 e. The van der Waals surface area contributed by atoms with Crippen molar-refractivity contribution in [1.82, 2.24) is 15.1 Å². The highest BCUT2D eigenvalue weighted by Crippen LogP contribution is 2.20. The van der Waals surface area contributed by atoms with Crippen LogP contribution >= 0.6 is 0 Å². The van der Waals surface area contributed by atoms with E-state index in [0.29, 0.717) is 6.67 Å². The summed E-state index contributed by atoms with van der Waals surface area (Å²) in [5.41, 5.74) is 1.07. The van der Waals surface area contributed by atoms with Gasteiger partial charge < -0.3 is 9.80 Å². The number of carbonyl (C=O) groups is 1. The normalized spacial score (nSPS) is 23.7. The van der Waals surface area contributed by atoms with Crippen LogP contribution in [0.2, 0.25) is 0 Å². The highest BCUT2D eigenvalue weighted by molar-refractivity contribution is 5.85. The van der Waals surface area contributed by atoms with Gasteiger partial charge in [0.05, 0.1) is 6.67 Å². The third kappa shape index (κ3) is 3.02. The van der Waals surface area contributed by atoms with Crippen LogP contribution in [0.4, 0.5) is 0 Å². The lowest BCUT2D eigenvalue weighted by atomic mass is 10.1. The molecule has 0 spiro atoms. The van der Waals surface area contributed by atoms with Gasteiger partial charge in [-0.15, -0.1) is 0 Å². The summed E-state index contributed by atoms with van der Waals surface area (Å²) >= 11 is 0. The molecular weight excluding hydrogens is 250 g/mol. The average Bonchev–Trinajstić information content (AvgIpc) is 3.11. The van der Waals surface area contributed by atoms with Crippen molar-refractivity contribution in [2.75, 3.05) is 32.8 Å². The van der Waals surface area contributed by atoms with Crippen molar-refractivity contribution in [3.05, 3.63) is 35.9 Å². The summed E-state index contributed by atoms with van der Waals surface area (Å²) in [6.07, 6.45) is 3.75. The van der Waals surface area contributed by atoms with Gasteiger partial charge in [0.25, 0.3) is 0 Å². The molecule has 0 radical (unpaired) electrons. The SMILES string of the molecule is O=C1C(c2ccccc2)NCN1CCCN1CCCC1. The minimum absolute atomic E-state index is 0.150. The number of hydrogen-bond acceptors (Lipinski definition) is 3. The molecule has 1 aromatic carbocycles. The van der Waals surface area contributed by atoms with E-state index in [1.54, 1.807) is 0 Å². The van der Waals surface area contributed by atoms with E-state index in [0.717, 1.165) is 25.1 Å². The van der Waals surface area contributed by atoms with Crippen molar-refractivity contribution in [2.24, 2.45) is 0 Å². The highest BCUT2D eigenvalue weighted by Gasteiger charge is 2.31. The van der Waals surface area contributed by atoms with Crippen molar-refractivity contribution in [1.29, 1.82) is 0 Å². The summed E-state index contributed by atoms with van der Waals surface area (Å²) in [7, 11) is 0. The molecular formula is C16H23N3O. The van der Waals surface area contributed by atoms with Crippen LogP contribution in [-0.2, 0) is 4.79 Å². The molecule has 0 saturated carbocycles. The summed E-state index contributed by atoms with van der Waals surface area (Å²) in [5.74, 6) is 0.220. The summed E-state index contributed by atoms with van der Waals surface area (Å²) in [6, 6.07) is 9.84. The zero-order valence-corrected chi connectivity index (χ0v) is 11.9. The molecule has 2 aliphatic heterocycles. The van der Waals surface area contributed by atoms with Gasteiger partial charge in [0.15, 0.2) is 0 Å². The van der Waals surface area contributed by atoms with E-state index in [-0.39, 0.29) is 11.9 Å². The molecule has 0 aliphatic carbocycles. The van der Waals surface area contributed by atoms with Gasteiger partial charge in [-0.1, -0.05) is 30.3 Å². The average molecular weight is 273 g/mol. The number of likely N-dealkylation sites (tertiary alicyclic amines) is 1. The minimum atomic E-state index is -0.150. The number of nitrogens with one attached hydrogen (secondary N) is 1. The Morgan fingerprint density at radius 3 is 2.60 bits per heavy atom. The van der Waals surface area contributed by atoms with Gasteiger partial charge in [-0.05, 0) is 44.5 Å². The van der Waals surface area contributed by atoms with Crippen LogP contribution in [0, 0.1) is 0 Å². The number of rotatable bonds is 5. The third-order valence-corrected chi connectivity index (χ3v) is 4.28. The second-order valence-corrected chi connectivity index (χ2v) is 5.71. The van der Waals surface area contributed by atoms with Crippen molar-refractivity contribution in [3.63, 3.8) is 0 Å². The Kier molecular flexibility index (Phi) is 4.33. The van der Waals surface area contributed by atoms with Crippen molar-refractivity contribution in [3.8, 4) is 0 Å². The monoisotopic (exact) mass is 273 g/mol. The van der Waals surface area contributed by atoms with E-state index in [1.807, 2.05) is 35.2 Å². The van der Waals surface area contributed by atoms with E-state index in [9.17, 15) is 4.79 Å². The van der Waals surface area contributed by atoms with Gasteiger partial charge in [0, 0.05) is 6.54 Å². The molecule has 4 heteroatoms. The second kappa shape index (κ2) is 6.37. The maximum absolute atomic E-state index is 12.4. The van der Waals surface area contributed by atoms with Crippen molar-refractivity contribution in [2.45, 2.75) is 25.3 Å². The van der Waals surface area contributed by atoms with E-state index < -0.39 is 0 Å². The fraction of sp³-hybridized carbons (Fsp3) is 0.562. The number of benzene rings is 1. The van der Waals surface area contributed by atoms with Gasteiger partial charge in [-0.2, -0.15) is 0 Å². The highest BCUT2D eigenvalue weighted by atomic mass is 16.2. The molecule has 1 aromatic rings. The standard InChI is InChI=1S/C16H23N3O/c20-16-15(14-7-2-1-3-8-14)17-13-19(16)12-6-11-18-9-4-5-10-18/h1-3,7-8,15,17H,4-6,9-13H2. The van der Waals surface area contributed by atoms with Crippen LogP contribution in [-0.4, -0.2) is 48.6 Å². The second-order valence-electron chi connectivity index (χ2n) is 5.71. The van der Waals surface area contributed by atoms with Crippen molar-refractivity contribution < 1.29 is 4.79 Å². The molecule has 1 N–H and O–H groups in total. The number of carbonyl (C=O) groups excluding carboxylic acids is 1. The Bertz CT molecular complexity index is 442. The smallest absolute Gasteiger partial charge is 0.245 e. The van der Waals surface area contributed by atoms with Crippen LogP contribution in [0.15, 0.2) is 30.3 Å². The molecule has 20 heavy (non-hydrogen) atoms. The molecule has 108 valence electrons. The predicted octanol–water partition coefficient (Wildman–Crippen LogP) is 1.60. The molecule has 0 bridgehead atoms. The molecule has 2 fully saturated rings. The predicted molar refractivity (Wildman–Crippen MR) is 79.2 cm³/mol. The fourth-order valence-corrected chi connectivity index (χ4v) is 3.14. The number of nitrogens with zero attached hydrogens (tertiary/aromatic N) is 2. The van der Waals surface area contributed by atoms with Crippen LogP contribution < -0.4 is 5.32 Å². The third-order valence-electron chi connectivity index (χ3n) is 4.28. The first kappa shape index (κ1) is 13.6. The first-order valence-corrected chi connectivity index (χ1v) is 7.64. The van der Waals surface area contributed by atoms with Crippen LogP contribution in [0.5, 0.6) is 0 Å². The fourth-order valence-electron chi connectivity index (χ4n) is 3.14. The van der Waals surface area contributed by atoms with Crippen LogP contribution in [0.25, 0.3) is 0 Å². The van der Waals surface area contributed by atoms with E-state index in [2.05, 4.69) is 10.2 Å². The lowest BCUT2D eigenvalue weighted by Crippen LogP contribution is -2.31. The Balaban J connectivity index is 1.48. The molecule has 2 aliphatic rings. The Morgan fingerprint density at radius 2 is 1.85 bits per heavy atom. The molecule has 4 nitrogen and oxygen atoms in total. The Hall–Kier alpha value is -1.39. The summed E-state index contributed by atoms with van der Waals surface area (Å²) in [4.78, 5) is 16.8.